The maximum Gasteiger partial charge on any atom is 0.153 e. The Morgan fingerprint density at radius 3 is 2.05 bits per heavy atom. The Labute approximate surface area is 111 Å². The van der Waals surface area contributed by atoms with Crippen LogP contribution in [0.4, 0.5) is 0 Å². The molecule has 2 aromatic rings. The fraction of sp³-hybridized carbons (Fsp3) is 0.133. The minimum Gasteiger partial charge on any atom is -0.507 e. The number of phenolic OH excluding ortho intramolecular Hbond substituents is 1. The second kappa shape index (κ2) is 5.44. The standard InChI is InChI=1S/C15H14O4/c1-18-13-5-12(6-14(8-13)19-2)10-3-4-11(9-16)15(17)7-10/h3-9,17H,1-2H3. The second-order valence-corrected chi connectivity index (χ2v) is 3.99. The number of aromatic hydroxyl groups is 1. The number of ether oxygens (including phenoxy) is 2. The highest BCUT2D eigenvalue weighted by Gasteiger charge is 2.07. The Morgan fingerprint density at radius 1 is 0.947 bits per heavy atom. The number of rotatable bonds is 4. The van der Waals surface area contributed by atoms with Crippen molar-refractivity contribution < 1.29 is 19.4 Å². The fourth-order valence-corrected chi connectivity index (χ4v) is 1.80. The van der Waals surface area contributed by atoms with E-state index in [2.05, 4.69) is 0 Å². The minimum absolute atomic E-state index is 0.0470. The fourth-order valence-electron chi connectivity index (χ4n) is 1.80. The van der Waals surface area contributed by atoms with Crippen molar-refractivity contribution >= 4 is 6.29 Å². The van der Waals surface area contributed by atoms with Crippen molar-refractivity contribution in [1.82, 2.24) is 0 Å². The van der Waals surface area contributed by atoms with Gasteiger partial charge in [-0.3, -0.25) is 4.79 Å². The number of hydrogen-bond acceptors (Lipinski definition) is 4. The lowest BCUT2D eigenvalue weighted by molar-refractivity contribution is 0.112. The summed E-state index contributed by atoms with van der Waals surface area (Å²) in [5.74, 6) is 1.27. The summed E-state index contributed by atoms with van der Waals surface area (Å²) in [6, 6.07) is 10.3. The number of carbonyl (C=O) groups excluding carboxylic acids is 1. The summed E-state index contributed by atoms with van der Waals surface area (Å²) >= 11 is 0. The predicted molar refractivity (Wildman–Crippen MR) is 72.0 cm³/mol. The average Bonchev–Trinajstić information content (AvgIpc) is 2.46. The Kier molecular flexibility index (Phi) is 3.71. The molecular weight excluding hydrogens is 244 g/mol. The molecule has 0 radical (unpaired) electrons. The van der Waals surface area contributed by atoms with E-state index in [0.717, 1.165) is 11.1 Å². The molecule has 1 N–H and O–H groups in total. The van der Waals surface area contributed by atoms with Gasteiger partial charge in [-0.15, -0.1) is 0 Å². The van der Waals surface area contributed by atoms with Crippen molar-refractivity contribution in [1.29, 1.82) is 0 Å². The van der Waals surface area contributed by atoms with Crippen LogP contribution in [0.25, 0.3) is 11.1 Å². The van der Waals surface area contributed by atoms with E-state index < -0.39 is 0 Å². The molecule has 0 saturated heterocycles. The molecule has 2 aromatic carbocycles. The third-order valence-corrected chi connectivity index (χ3v) is 2.84. The first-order valence-electron chi connectivity index (χ1n) is 5.69. The van der Waals surface area contributed by atoms with Crippen molar-refractivity contribution in [3.63, 3.8) is 0 Å². The van der Waals surface area contributed by atoms with E-state index in [1.807, 2.05) is 12.1 Å². The molecule has 0 aromatic heterocycles. The zero-order chi connectivity index (χ0) is 13.8. The van der Waals surface area contributed by atoms with Gasteiger partial charge in [0.25, 0.3) is 0 Å². The lowest BCUT2D eigenvalue weighted by Crippen LogP contribution is -1.89. The summed E-state index contributed by atoms with van der Waals surface area (Å²) in [5, 5.41) is 9.71. The zero-order valence-electron chi connectivity index (χ0n) is 10.7. The molecule has 0 heterocycles. The summed E-state index contributed by atoms with van der Waals surface area (Å²) in [5.41, 5.74) is 1.88. The average molecular weight is 258 g/mol. The van der Waals surface area contributed by atoms with E-state index in [1.54, 1.807) is 32.4 Å². The molecule has 0 atom stereocenters. The van der Waals surface area contributed by atoms with Crippen LogP contribution in [0.3, 0.4) is 0 Å². The van der Waals surface area contributed by atoms with Crippen molar-refractivity contribution in [3.8, 4) is 28.4 Å². The van der Waals surface area contributed by atoms with Crippen LogP contribution in [0.2, 0.25) is 0 Å². The van der Waals surface area contributed by atoms with Gasteiger partial charge in [0.1, 0.15) is 17.2 Å². The third-order valence-electron chi connectivity index (χ3n) is 2.84. The van der Waals surface area contributed by atoms with Crippen LogP contribution in [0, 0.1) is 0 Å². The lowest BCUT2D eigenvalue weighted by Gasteiger charge is -2.09. The highest BCUT2D eigenvalue weighted by Crippen LogP contribution is 2.32. The molecule has 0 aliphatic rings. The smallest absolute Gasteiger partial charge is 0.153 e. The molecule has 0 saturated carbocycles. The summed E-state index contributed by atoms with van der Waals surface area (Å²) < 4.78 is 10.4. The van der Waals surface area contributed by atoms with Gasteiger partial charge >= 0.3 is 0 Å². The summed E-state index contributed by atoms with van der Waals surface area (Å²) in [4.78, 5) is 10.7. The van der Waals surface area contributed by atoms with E-state index >= 15 is 0 Å². The van der Waals surface area contributed by atoms with Crippen LogP contribution in [-0.2, 0) is 0 Å². The van der Waals surface area contributed by atoms with Gasteiger partial charge in [0.15, 0.2) is 6.29 Å². The Bertz CT molecular complexity index is 583. The number of hydrogen-bond donors (Lipinski definition) is 1. The van der Waals surface area contributed by atoms with Crippen LogP contribution >= 0.6 is 0 Å². The molecular formula is C15H14O4. The van der Waals surface area contributed by atoms with Gasteiger partial charge in [-0.05, 0) is 35.4 Å². The van der Waals surface area contributed by atoms with E-state index in [-0.39, 0.29) is 11.3 Å². The van der Waals surface area contributed by atoms with Crippen molar-refractivity contribution in [3.05, 3.63) is 42.0 Å². The Balaban J connectivity index is 2.51. The van der Waals surface area contributed by atoms with Crippen LogP contribution in [0.5, 0.6) is 17.2 Å². The molecule has 4 nitrogen and oxygen atoms in total. The van der Waals surface area contributed by atoms with E-state index in [0.29, 0.717) is 17.8 Å². The number of carbonyl (C=O) groups is 1. The van der Waals surface area contributed by atoms with Crippen LogP contribution in [-0.4, -0.2) is 25.6 Å². The molecule has 0 aliphatic heterocycles. The first kappa shape index (κ1) is 13.0. The van der Waals surface area contributed by atoms with E-state index in [1.165, 1.54) is 6.07 Å². The monoisotopic (exact) mass is 258 g/mol. The molecule has 0 aliphatic carbocycles. The van der Waals surface area contributed by atoms with Crippen LogP contribution in [0.1, 0.15) is 10.4 Å². The number of benzene rings is 2. The molecule has 0 amide bonds. The first-order chi connectivity index (χ1) is 9.17. The van der Waals surface area contributed by atoms with E-state index in [4.69, 9.17) is 9.47 Å². The largest absolute Gasteiger partial charge is 0.507 e. The summed E-state index contributed by atoms with van der Waals surface area (Å²) in [6.07, 6.45) is 0.616. The molecule has 0 unspecified atom stereocenters. The SMILES string of the molecule is COc1cc(OC)cc(-c2ccc(C=O)c(O)c2)c1. The van der Waals surface area contributed by atoms with Crippen molar-refractivity contribution in [2.45, 2.75) is 0 Å². The Hall–Kier alpha value is -2.49. The van der Waals surface area contributed by atoms with Gasteiger partial charge < -0.3 is 14.6 Å². The van der Waals surface area contributed by atoms with E-state index in [9.17, 15) is 9.90 Å². The topological polar surface area (TPSA) is 55.8 Å². The summed E-state index contributed by atoms with van der Waals surface area (Å²) in [6.45, 7) is 0. The van der Waals surface area contributed by atoms with Gasteiger partial charge in [0.05, 0.1) is 19.8 Å². The molecule has 0 bridgehead atoms. The van der Waals surface area contributed by atoms with Gasteiger partial charge in [-0.25, -0.2) is 0 Å². The van der Waals surface area contributed by atoms with Gasteiger partial charge in [-0.2, -0.15) is 0 Å². The van der Waals surface area contributed by atoms with Crippen LogP contribution < -0.4 is 9.47 Å². The second-order valence-electron chi connectivity index (χ2n) is 3.99. The quantitative estimate of drug-likeness (QED) is 0.857. The van der Waals surface area contributed by atoms with Gasteiger partial charge in [-0.1, -0.05) is 6.07 Å². The van der Waals surface area contributed by atoms with Gasteiger partial charge in [0.2, 0.25) is 0 Å². The molecule has 19 heavy (non-hydrogen) atoms. The number of aldehydes is 1. The predicted octanol–water partition coefficient (Wildman–Crippen LogP) is 2.89. The summed E-state index contributed by atoms with van der Waals surface area (Å²) in [7, 11) is 3.15. The third kappa shape index (κ3) is 2.68. The van der Waals surface area contributed by atoms with Crippen molar-refractivity contribution in [2.24, 2.45) is 0 Å². The zero-order valence-corrected chi connectivity index (χ0v) is 10.7. The number of methoxy groups -OCH3 is 2. The molecule has 98 valence electrons. The minimum atomic E-state index is -0.0470. The molecule has 4 heteroatoms. The first-order valence-corrected chi connectivity index (χ1v) is 5.69. The molecule has 2 rings (SSSR count). The molecule has 0 fully saturated rings. The Morgan fingerprint density at radius 2 is 1.58 bits per heavy atom. The lowest BCUT2D eigenvalue weighted by atomic mass is 10.0. The maximum atomic E-state index is 10.7. The van der Waals surface area contributed by atoms with Crippen LogP contribution in [0.15, 0.2) is 36.4 Å². The number of phenols is 1. The maximum absolute atomic E-state index is 10.7. The molecule has 0 spiro atoms. The normalized spacial score (nSPS) is 10.0. The van der Waals surface area contributed by atoms with Crippen molar-refractivity contribution in [2.75, 3.05) is 14.2 Å². The highest BCUT2D eigenvalue weighted by molar-refractivity contribution is 5.81. The van der Waals surface area contributed by atoms with Gasteiger partial charge in [0, 0.05) is 6.07 Å². The highest BCUT2D eigenvalue weighted by atomic mass is 16.5.